The number of benzene rings is 1. The maximum atomic E-state index is 16.1. The number of imide groups is 2. The highest BCUT2D eigenvalue weighted by atomic mass is 19.1. The zero-order chi connectivity index (χ0) is 25.5. The molecule has 14 heteroatoms. The van der Waals surface area contributed by atoms with Gasteiger partial charge in [-0.15, -0.1) is 0 Å². The van der Waals surface area contributed by atoms with Crippen LogP contribution in [0.15, 0.2) is 16.9 Å². The highest BCUT2D eigenvalue weighted by Gasteiger charge is 2.63. The fourth-order valence-electron chi connectivity index (χ4n) is 5.79. The summed E-state index contributed by atoms with van der Waals surface area (Å²) in [7, 11) is 0. The summed E-state index contributed by atoms with van der Waals surface area (Å²) >= 11 is 0. The van der Waals surface area contributed by atoms with Gasteiger partial charge in [-0.2, -0.15) is 9.78 Å². The summed E-state index contributed by atoms with van der Waals surface area (Å²) in [5, 5.41) is 22.7. The Bertz CT molecular complexity index is 1430. The van der Waals surface area contributed by atoms with Crippen LogP contribution in [0.4, 0.5) is 14.9 Å². The van der Waals surface area contributed by atoms with Gasteiger partial charge >= 0.3 is 6.03 Å². The van der Waals surface area contributed by atoms with Crippen LogP contribution in [-0.4, -0.2) is 67.7 Å². The first-order valence-corrected chi connectivity index (χ1v) is 11.4. The Labute approximate surface area is 202 Å². The first-order chi connectivity index (χ1) is 17.1. The molecule has 188 valence electrons. The average Bonchev–Trinajstić information content (AvgIpc) is 3.43. The minimum absolute atomic E-state index is 0.0905. The maximum Gasteiger partial charge on any atom is 0.328 e. The molecule has 3 aliphatic heterocycles. The van der Waals surface area contributed by atoms with Crippen molar-refractivity contribution in [2.45, 2.75) is 51.5 Å². The average molecular weight is 499 g/mol. The van der Waals surface area contributed by atoms with Crippen molar-refractivity contribution >= 4 is 34.5 Å². The van der Waals surface area contributed by atoms with E-state index in [0.29, 0.717) is 5.56 Å². The van der Waals surface area contributed by atoms with Crippen LogP contribution in [0.1, 0.15) is 38.3 Å². The lowest BCUT2D eigenvalue weighted by Crippen LogP contribution is -2.75. The molecule has 2 fully saturated rings. The molecule has 2 aromatic heterocycles. The van der Waals surface area contributed by atoms with E-state index in [0.717, 1.165) is 0 Å². The molecule has 4 atom stereocenters. The monoisotopic (exact) mass is 499 g/mol. The third-order valence-corrected chi connectivity index (χ3v) is 7.09. The van der Waals surface area contributed by atoms with Crippen LogP contribution in [-0.2, 0) is 20.7 Å². The van der Waals surface area contributed by atoms with Gasteiger partial charge < -0.3 is 19.3 Å². The molecule has 1 spiro atoms. The van der Waals surface area contributed by atoms with Gasteiger partial charge in [0.15, 0.2) is 17.1 Å². The number of amides is 4. The number of carbonyl (C=O) groups excluding carboxylic acids is 3. The molecular weight excluding hydrogens is 477 g/mol. The van der Waals surface area contributed by atoms with Crippen LogP contribution in [0, 0.1) is 11.2 Å². The molecule has 0 radical (unpaired) electrons. The van der Waals surface area contributed by atoms with Gasteiger partial charge in [-0.05, 0) is 32.4 Å². The number of barbiturate groups is 1. The van der Waals surface area contributed by atoms with Gasteiger partial charge in [0, 0.05) is 13.0 Å². The smallest absolute Gasteiger partial charge is 0.328 e. The van der Waals surface area contributed by atoms with Crippen LogP contribution < -0.4 is 15.5 Å². The predicted octanol–water partition coefficient (Wildman–Crippen LogP) is 0.492. The number of ether oxygens (including phenoxy) is 1. The summed E-state index contributed by atoms with van der Waals surface area (Å²) < 4.78 is 28.7. The summed E-state index contributed by atoms with van der Waals surface area (Å²) in [5.41, 5.74) is -1.38. The van der Waals surface area contributed by atoms with Crippen LogP contribution >= 0.6 is 0 Å². The van der Waals surface area contributed by atoms with E-state index in [2.05, 4.69) is 25.9 Å². The summed E-state index contributed by atoms with van der Waals surface area (Å²) in [6.07, 6.45) is -0.944. The molecule has 6 rings (SSSR count). The Morgan fingerprint density at radius 3 is 2.67 bits per heavy atom. The number of halogens is 1. The number of urea groups is 1. The number of hydrogen-bond donors (Lipinski definition) is 3. The van der Waals surface area contributed by atoms with E-state index in [1.54, 1.807) is 17.9 Å². The van der Waals surface area contributed by atoms with Gasteiger partial charge in [0.2, 0.25) is 23.2 Å². The normalized spacial score (nSPS) is 26.0. The Kier molecular flexibility index (Phi) is 4.72. The van der Waals surface area contributed by atoms with Crippen molar-refractivity contribution in [3.8, 4) is 5.82 Å². The number of morpholine rings is 1. The van der Waals surface area contributed by atoms with Gasteiger partial charge in [-0.3, -0.25) is 20.2 Å². The molecule has 3 aromatic rings. The van der Waals surface area contributed by atoms with E-state index in [-0.39, 0.29) is 47.4 Å². The Morgan fingerprint density at radius 2 is 1.97 bits per heavy atom. The number of nitrogens with one attached hydrogen (secondary N) is 2. The van der Waals surface area contributed by atoms with Crippen molar-refractivity contribution in [1.29, 1.82) is 0 Å². The summed E-state index contributed by atoms with van der Waals surface area (Å²) in [6.45, 7) is 5.21. The minimum atomic E-state index is -1.75. The fourth-order valence-corrected chi connectivity index (χ4v) is 5.79. The number of aliphatic hydroxyl groups excluding tert-OH is 1. The van der Waals surface area contributed by atoms with E-state index < -0.39 is 47.3 Å². The molecule has 36 heavy (non-hydrogen) atoms. The fraction of sp³-hybridized carbons (Fsp3) is 0.455. The molecule has 0 saturated carbocycles. The van der Waals surface area contributed by atoms with Crippen LogP contribution in [0.3, 0.4) is 0 Å². The molecule has 3 aliphatic rings. The zero-order valence-corrected chi connectivity index (χ0v) is 19.5. The van der Waals surface area contributed by atoms with Crippen molar-refractivity contribution in [2.75, 3.05) is 11.4 Å². The zero-order valence-electron chi connectivity index (χ0n) is 19.5. The Balaban J connectivity index is 1.60. The lowest BCUT2D eigenvalue weighted by atomic mass is 9.66. The number of nitrogens with zero attached hydrogens (tertiary/aromatic N) is 5. The first kappa shape index (κ1) is 22.5. The third-order valence-electron chi connectivity index (χ3n) is 7.09. The number of fused-ring (bicyclic) bond motifs is 5. The van der Waals surface area contributed by atoms with E-state index >= 15 is 4.39 Å². The topological polar surface area (TPSA) is 165 Å². The maximum absolute atomic E-state index is 16.1. The lowest BCUT2D eigenvalue weighted by molar-refractivity contribution is -0.153. The summed E-state index contributed by atoms with van der Waals surface area (Å²) in [6, 6.07) is -0.210. The van der Waals surface area contributed by atoms with Crippen LogP contribution in [0.5, 0.6) is 0 Å². The molecule has 5 heterocycles. The molecule has 3 N–H and O–H groups in total. The second-order valence-electron chi connectivity index (χ2n) is 9.42. The van der Waals surface area contributed by atoms with Crippen molar-refractivity contribution in [3.63, 3.8) is 0 Å². The Hall–Kier alpha value is -3.91. The SMILES string of the molecule is C[C@@H]1CN2c3c(cc4c(-n5ncnc5[C@H](C)O)noc4c3F)CC3(C(=O)NC(=O)NC3=O)[C@H]2[C@H](C)O1. The number of aliphatic hydroxyl groups is 1. The van der Waals surface area contributed by atoms with Crippen molar-refractivity contribution in [1.82, 2.24) is 30.6 Å². The summed E-state index contributed by atoms with van der Waals surface area (Å²) in [5.74, 6) is -2.01. The molecule has 2 saturated heterocycles. The molecular formula is C22H22FN7O6. The minimum Gasteiger partial charge on any atom is -0.385 e. The molecule has 0 bridgehead atoms. The van der Waals surface area contributed by atoms with Crippen LogP contribution in [0.2, 0.25) is 0 Å². The van der Waals surface area contributed by atoms with Gasteiger partial charge in [0.05, 0.1) is 29.3 Å². The number of anilines is 1. The summed E-state index contributed by atoms with van der Waals surface area (Å²) in [4.78, 5) is 44.2. The van der Waals surface area contributed by atoms with E-state index in [1.807, 2.05) is 6.92 Å². The number of hydrogen-bond acceptors (Lipinski definition) is 10. The molecule has 13 nitrogen and oxygen atoms in total. The second-order valence-corrected chi connectivity index (χ2v) is 9.42. The van der Waals surface area contributed by atoms with Crippen molar-refractivity contribution in [2.24, 2.45) is 5.41 Å². The molecule has 0 unspecified atom stereocenters. The van der Waals surface area contributed by atoms with E-state index in [9.17, 15) is 19.5 Å². The van der Waals surface area contributed by atoms with Gasteiger partial charge in [-0.25, -0.2) is 14.2 Å². The largest absolute Gasteiger partial charge is 0.385 e. The van der Waals surface area contributed by atoms with Crippen molar-refractivity contribution < 1.29 is 33.1 Å². The number of rotatable bonds is 2. The van der Waals surface area contributed by atoms with E-state index in [4.69, 9.17) is 9.26 Å². The molecule has 1 aromatic carbocycles. The molecule has 0 aliphatic carbocycles. The second kappa shape index (κ2) is 7.54. The Morgan fingerprint density at radius 1 is 1.25 bits per heavy atom. The van der Waals surface area contributed by atoms with Gasteiger partial charge in [0.25, 0.3) is 0 Å². The van der Waals surface area contributed by atoms with Crippen LogP contribution in [0.25, 0.3) is 16.8 Å². The highest BCUT2D eigenvalue weighted by Crippen LogP contribution is 2.49. The lowest BCUT2D eigenvalue weighted by Gasteiger charge is -2.55. The van der Waals surface area contributed by atoms with Gasteiger partial charge in [0.1, 0.15) is 12.4 Å². The predicted molar refractivity (Wildman–Crippen MR) is 118 cm³/mol. The molecule has 4 amide bonds. The number of aromatic nitrogens is 4. The quantitative estimate of drug-likeness (QED) is 0.423. The number of carbonyl (C=O) groups is 3. The van der Waals surface area contributed by atoms with Crippen molar-refractivity contribution in [3.05, 3.63) is 29.6 Å². The third kappa shape index (κ3) is 2.88. The standard InChI is InChI=1S/C22H22FN7O6/c1-8-6-29-14-11(5-22(16(29)10(3)35-8)19(32)26-21(34)27-20(22)33)4-12-15(13(14)23)36-28-18(12)30-17(9(2)31)24-7-25-30/h4,7-10,16,31H,5-6H2,1-3H3,(H2,26,27,32,33,34)/t8-,9+,10+,16-/m1/s1. The highest BCUT2D eigenvalue weighted by molar-refractivity contribution is 6.20. The van der Waals surface area contributed by atoms with Gasteiger partial charge in [-0.1, -0.05) is 5.16 Å². The first-order valence-electron chi connectivity index (χ1n) is 11.4. The van der Waals surface area contributed by atoms with E-state index in [1.165, 1.54) is 17.9 Å².